The van der Waals surface area contributed by atoms with Crippen LogP contribution in [0.15, 0.2) is 33.5 Å². The normalized spacial score (nSPS) is 10.5. The molecule has 0 radical (unpaired) electrons. The molecule has 0 bridgehead atoms. The molecule has 0 atom stereocenters. The van der Waals surface area contributed by atoms with Crippen molar-refractivity contribution in [2.45, 2.75) is 6.92 Å². The molecular formula is C12H10BrNO3. The van der Waals surface area contributed by atoms with Gasteiger partial charge in [-0.25, -0.2) is 4.79 Å². The number of hydrogen-bond acceptors (Lipinski definition) is 3. The molecule has 4 nitrogen and oxygen atoms in total. The second kappa shape index (κ2) is 4.71. The molecule has 1 N–H and O–H groups in total. The molecule has 88 valence electrons. The van der Waals surface area contributed by atoms with Crippen molar-refractivity contribution in [3.05, 3.63) is 44.8 Å². The van der Waals surface area contributed by atoms with Gasteiger partial charge in [0.2, 0.25) is 0 Å². The summed E-state index contributed by atoms with van der Waals surface area (Å²) in [5, 5.41) is 1.24. The molecule has 0 spiro atoms. The molecule has 0 aliphatic heterocycles. The average Bonchev–Trinajstić information content (AvgIpc) is 2.30. The zero-order valence-corrected chi connectivity index (χ0v) is 10.7. The van der Waals surface area contributed by atoms with Crippen LogP contribution in [-0.2, 0) is 4.74 Å². The lowest BCUT2D eigenvalue weighted by molar-refractivity contribution is 0.0519. The first kappa shape index (κ1) is 11.9. The predicted molar refractivity (Wildman–Crippen MR) is 68.2 cm³/mol. The van der Waals surface area contributed by atoms with Gasteiger partial charge in [-0.3, -0.25) is 4.79 Å². The fourth-order valence-electron chi connectivity index (χ4n) is 1.55. The fraction of sp³-hybridized carbons (Fsp3) is 0.167. The zero-order valence-electron chi connectivity index (χ0n) is 9.12. The fourth-order valence-corrected chi connectivity index (χ4v) is 1.91. The van der Waals surface area contributed by atoms with E-state index in [-0.39, 0.29) is 17.9 Å². The number of halogens is 1. The molecule has 0 aliphatic rings. The van der Waals surface area contributed by atoms with E-state index in [1.807, 2.05) is 6.07 Å². The lowest BCUT2D eigenvalue weighted by Gasteiger charge is -2.03. The van der Waals surface area contributed by atoms with Crippen molar-refractivity contribution >= 4 is 32.7 Å². The van der Waals surface area contributed by atoms with Crippen LogP contribution in [0.5, 0.6) is 0 Å². The summed E-state index contributed by atoms with van der Waals surface area (Å²) in [5.74, 6) is -0.519. The molecule has 2 aromatic rings. The Labute approximate surface area is 106 Å². The SMILES string of the molecule is CCOC(=O)c1cc2ccc(Br)cc2c(=O)[nH]1. The Morgan fingerprint density at radius 2 is 2.18 bits per heavy atom. The van der Waals surface area contributed by atoms with Gasteiger partial charge in [-0.1, -0.05) is 22.0 Å². The van der Waals surface area contributed by atoms with Crippen LogP contribution in [0.2, 0.25) is 0 Å². The van der Waals surface area contributed by atoms with Crippen molar-refractivity contribution in [1.82, 2.24) is 4.98 Å². The number of H-pyrrole nitrogens is 1. The molecule has 0 saturated heterocycles. The molecule has 1 aromatic carbocycles. The summed E-state index contributed by atoms with van der Waals surface area (Å²) in [7, 11) is 0. The van der Waals surface area contributed by atoms with Crippen LogP contribution in [0, 0.1) is 0 Å². The highest BCUT2D eigenvalue weighted by Crippen LogP contribution is 2.17. The smallest absolute Gasteiger partial charge is 0.354 e. The highest BCUT2D eigenvalue weighted by molar-refractivity contribution is 9.10. The Morgan fingerprint density at radius 3 is 2.88 bits per heavy atom. The van der Waals surface area contributed by atoms with Crippen LogP contribution in [0.3, 0.4) is 0 Å². The third-order valence-corrected chi connectivity index (χ3v) is 2.80. The maximum absolute atomic E-state index is 11.8. The van der Waals surface area contributed by atoms with Crippen molar-refractivity contribution in [1.29, 1.82) is 0 Å². The number of benzene rings is 1. The second-order valence-corrected chi connectivity index (χ2v) is 4.38. The molecule has 0 aliphatic carbocycles. The number of hydrogen-bond donors (Lipinski definition) is 1. The first-order valence-corrected chi connectivity index (χ1v) is 5.91. The van der Waals surface area contributed by atoms with E-state index in [1.54, 1.807) is 25.1 Å². The quantitative estimate of drug-likeness (QED) is 0.866. The Bertz CT molecular complexity index is 633. The molecule has 1 heterocycles. The molecule has 5 heteroatoms. The van der Waals surface area contributed by atoms with Gasteiger partial charge in [-0.2, -0.15) is 0 Å². The van der Waals surface area contributed by atoms with Crippen molar-refractivity contribution in [2.75, 3.05) is 6.61 Å². The second-order valence-electron chi connectivity index (χ2n) is 3.46. The van der Waals surface area contributed by atoms with E-state index in [0.717, 1.165) is 4.47 Å². The van der Waals surface area contributed by atoms with Gasteiger partial charge in [0.1, 0.15) is 5.69 Å². The predicted octanol–water partition coefficient (Wildman–Crippen LogP) is 2.47. The van der Waals surface area contributed by atoms with Crippen LogP contribution < -0.4 is 5.56 Å². The molecular weight excluding hydrogens is 286 g/mol. The van der Waals surface area contributed by atoms with E-state index in [9.17, 15) is 9.59 Å². The lowest BCUT2D eigenvalue weighted by Crippen LogP contribution is -2.15. The first-order chi connectivity index (χ1) is 8.11. The van der Waals surface area contributed by atoms with E-state index in [0.29, 0.717) is 10.8 Å². The van der Waals surface area contributed by atoms with Gasteiger partial charge in [0, 0.05) is 9.86 Å². The standard InChI is InChI=1S/C12H10BrNO3/c1-2-17-12(16)10-5-7-3-4-8(13)6-9(7)11(15)14-10/h3-6H,2H2,1H3,(H,14,15). The van der Waals surface area contributed by atoms with E-state index in [2.05, 4.69) is 20.9 Å². The Morgan fingerprint density at radius 1 is 1.41 bits per heavy atom. The molecule has 17 heavy (non-hydrogen) atoms. The Balaban J connectivity index is 2.60. The monoisotopic (exact) mass is 295 g/mol. The molecule has 0 unspecified atom stereocenters. The number of aromatic nitrogens is 1. The van der Waals surface area contributed by atoms with Gasteiger partial charge in [0.05, 0.1) is 6.61 Å². The van der Waals surface area contributed by atoms with Crippen LogP contribution in [0.4, 0.5) is 0 Å². The first-order valence-electron chi connectivity index (χ1n) is 5.11. The van der Waals surface area contributed by atoms with Gasteiger partial charge in [0.15, 0.2) is 0 Å². The summed E-state index contributed by atoms with van der Waals surface area (Å²) in [6.07, 6.45) is 0. The number of esters is 1. The number of rotatable bonds is 2. The maximum Gasteiger partial charge on any atom is 0.354 e. The van der Waals surface area contributed by atoms with Crippen LogP contribution in [-0.4, -0.2) is 17.6 Å². The van der Waals surface area contributed by atoms with E-state index >= 15 is 0 Å². The number of carbonyl (C=O) groups excluding carboxylic acids is 1. The van der Waals surface area contributed by atoms with Crippen molar-refractivity contribution in [3.63, 3.8) is 0 Å². The van der Waals surface area contributed by atoms with E-state index < -0.39 is 5.97 Å². The highest BCUT2D eigenvalue weighted by atomic mass is 79.9. The van der Waals surface area contributed by atoms with Gasteiger partial charge in [0.25, 0.3) is 5.56 Å². The van der Waals surface area contributed by atoms with Gasteiger partial charge in [-0.15, -0.1) is 0 Å². The summed E-state index contributed by atoms with van der Waals surface area (Å²) in [4.78, 5) is 25.8. The number of pyridine rings is 1. The molecule has 2 rings (SSSR count). The Hall–Kier alpha value is -1.62. The minimum absolute atomic E-state index is 0.173. The number of fused-ring (bicyclic) bond motifs is 1. The number of ether oxygens (including phenoxy) is 1. The van der Waals surface area contributed by atoms with Crippen LogP contribution in [0.1, 0.15) is 17.4 Å². The van der Waals surface area contributed by atoms with Crippen LogP contribution >= 0.6 is 15.9 Å². The summed E-state index contributed by atoms with van der Waals surface area (Å²) in [6, 6.07) is 6.92. The summed E-state index contributed by atoms with van der Waals surface area (Å²) in [6.45, 7) is 1.99. The summed E-state index contributed by atoms with van der Waals surface area (Å²) >= 11 is 3.29. The maximum atomic E-state index is 11.8. The third kappa shape index (κ3) is 2.39. The van der Waals surface area contributed by atoms with Crippen molar-refractivity contribution < 1.29 is 9.53 Å². The zero-order chi connectivity index (χ0) is 12.4. The highest BCUT2D eigenvalue weighted by Gasteiger charge is 2.10. The van der Waals surface area contributed by atoms with Crippen molar-refractivity contribution in [3.8, 4) is 0 Å². The largest absolute Gasteiger partial charge is 0.461 e. The van der Waals surface area contributed by atoms with Gasteiger partial charge in [-0.05, 0) is 30.5 Å². The minimum Gasteiger partial charge on any atom is -0.461 e. The molecule has 1 aromatic heterocycles. The minimum atomic E-state index is -0.519. The third-order valence-electron chi connectivity index (χ3n) is 2.30. The number of aromatic amines is 1. The van der Waals surface area contributed by atoms with Gasteiger partial charge < -0.3 is 9.72 Å². The summed E-state index contributed by atoms with van der Waals surface area (Å²) < 4.78 is 5.66. The average molecular weight is 296 g/mol. The van der Waals surface area contributed by atoms with Crippen LogP contribution in [0.25, 0.3) is 10.8 Å². The van der Waals surface area contributed by atoms with Gasteiger partial charge >= 0.3 is 5.97 Å². The number of nitrogens with one attached hydrogen (secondary N) is 1. The topological polar surface area (TPSA) is 59.2 Å². The Kier molecular flexibility index (Phi) is 3.28. The van der Waals surface area contributed by atoms with E-state index in [4.69, 9.17) is 4.74 Å². The molecule has 0 saturated carbocycles. The van der Waals surface area contributed by atoms with Crippen molar-refractivity contribution in [2.24, 2.45) is 0 Å². The lowest BCUT2D eigenvalue weighted by atomic mass is 10.1. The molecule has 0 amide bonds. The molecule has 0 fully saturated rings. The summed E-state index contributed by atoms with van der Waals surface area (Å²) in [5.41, 5.74) is -0.126. The number of carbonyl (C=O) groups is 1. The van der Waals surface area contributed by atoms with E-state index in [1.165, 1.54) is 0 Å².